The maximum absolute atomic E-state index is 6.32. The number of nitrogens with zero attached hydrogens (tertiary/aromatic N) is 1. The van der Waals surface area contributed by atoms with Crippen LogP contribution >= 0.6 is 23.2 Å². The summed E-state index contributed by atoms with van der Waals surface area (Å²) in [5, 5.41) is 0.796. The van der Waals surface area contributed by atoms with Crippen molar-refractivity contribution in [2.75, 3.05) is 18.0 Å². The Labute approximate surface area is 111 Å². The molecule has 4 heteroatoms. The highest BCUT2D eigenvalue weighted by atomic mass is 35.5. The standard InChI is InChI=1S/C13H15Cl2NO/c14-6-9-2-1-3-12(15)13(9)16-7-10-4-5-11(8-16)17-10/h1-3,10-11H,4-8H2. The van der Waals surface area contributed by atoms with Crippen LogP contribution in [0.1, 0.15) is 18.4 Å². The van der Waals surface area contributed by atoms with Gasteiger partial charge in [0.15, 0.2) is 0 Å². The molecular formula is C13H15Cl2NO. The summed E-state index contributed by atoms with van der Waals surface area (Å²) in [6, 6.07) is 5.94. The van der Waals surface area contributed by atoms with Gasteiger partial charge in [0, 0.05) is 19.0 Å². The van der Waals surface area contributed by atoms with Crippen molar-refractivity contribution in [3.8, 4) is 0 Å². The van der Waals surface area contributed by atoms with E-state index in [9.17, 15) is 0 Å². The van der Waals surface area contributed by atoms with Gasteiger partial charge in [-0.3, -0.25) is 0 Å². The molecule has 3 rings (SSSR count). The summed E-state index contributed by atoms with van der Waals surface area (Å²) in [5.41, 5.74) is 2.21. The van der Waals surface area contributed by atoms with Gasteiger partial charge in [-0.15, -0.1) is 11.6 Å². The molecule has 2 bridgehead atoms. The molecule has 1 aromatic carbocycles. The fourth-order valence-electron chi connectivity index (χ4n) is 2.82. The predicted molar refractivity (Wildman–Crippen MR) is 71.1 cm³/mol. The van der Waals surface area contributed by atoms with Crippen molar-refractivity contribution in [3.63, 3.8) is 0 Å². The Kier molecular flexibility index (Phi) is 3.20. The molecule has 0 radical (unpaired) electrons. The second-order valence-corrected chi connectivity index (χ2v) is 5.42. The number of benzene rings is 1. The number of para-hydroxylation sites is 1. The number of anilines is 1. The number of ether oxygens (including phenoxy) is 1. The minimum Gasteiger partial charge on any atom is -0.371 e. The van der Waals surface area contributed by atoms with Crippen LogP contribution in [-0.2, 0) is 10.6 Å². The van der Waals surface area contributed by atoms with E-state index in [4.69, 9.17) is 27.9 Å². The van der Waals surface area contributed by atoms with Gasteiger partial charge in [0.25, 0.3) is 0 Å². The van der Waals surface area contributed by atoms with Crippen molar-refractivity contribution in [1.29, 1.82) is 0 Å². The number of alkyl halides is 1. The van der Waals surface area contributed by atoms with Crippen LogP contribution in [0.25, 0.3) is 0 Å². The Morgan fingerprint density at radius 1 is 1.24 bits per heavy atom. The normalized spacial score (nSPS) is 27.5. The van der Waals surface area contributed by atoms with Gasteiger partial charge in [-0.2, -0.15) is 0 Å². The van der Waals surface area contributed by atoms with Crippen LogP contribution in [0.5, 0.6) is 0 Å². The van der Waals surface area contributed by atoms with Crippen molar-refractivity contribution in [1.82, 2.24) is 0 Å². The Balaban J connectivity index is 1.93. The van der Waals surface area contributed by atoms with E-state index in [2.05, 4.69) is 4.90 Å². The third kappa shape index (κ3) is 2.14. The fourth-order valence-corrected chi connectivity index (χ4v) is 3.35. The molecule has 17 heavy (non-hydrogen) atoms. The first-order valence-corrected chi connectivity index (χ1v) is 6.93. The molecule has 0 amide bonds. The largest absolute Gasteiger partial charge is 0.371 e. The van der Waals surface area contributed by atoms with E-state index in [0.717, 1.165) is 29.4 Å². The van der Waals surface area contributed by atoms with Crippen LogP contribution in [0, 0.1) is 0 Å². The van der Waals surface area contributed by atoms with Gasteiger partial charge in [-0.05, 0) is 24.5 Å². The van der Waals surface area contributed by atoms with E-state index in [0.29, 0.717) is 18.1 Å². The van der Waals surface area contributed by atoms with Crippen LogP contribution < -0.4 is 4.90 Å². The number of rotatable bonds is 2. The molecule has 0 spiro atoms. The van der Waals surface area contributed by atoms with Crippen LogP contribution in [0.4, 0.5) is 5.69 Å². The molecular weight excluding hydrogens is 257 g/mol. The second-order valence-electron chi connectivity index (χ2n) is 4.74. The summed E-state index contributed by atoms with van der Waals surface area (Å²) in [5.74, 6) is 0.503. The molecule has 2 atom stereocenters. The quantitative estimate of drug-likeness (QED) is 0.765. The summed E-state index contributed by atoms with van der Waals surface area (Å²) in [6.07, 6.45) is 3.07. The molecule has 2 nitrogen and oxygen atoms in total. The van der Waals surface area contributed by atoms with E-state index in [1.165, 1.54) is 12.8 Å². The van der Waals surface area contributed by atoms with Crippen molar-refractivity contribution < 1.29 is 4.74 Å². The highest BCUT2D eigenvalue weighted by Crippen LogP contribution is 2.36. The average Bonchev–Trinajstić information content (AvgIpc) is 2.68. The summed E-state index contributed by atoms with van der Waals surface area (Å²) in [4.78, 5) is 2.34. The minimum absolute atomic E-state index is 0.369. The Bertz CT molecular complexity index is 412. The second kappa shape index (κ2) is 4.68. The van der Waals surface area contributed by atoms with Crippen LogP contribution in [-0.4, -0.2) is 25.3 Å². The average molecular weight is 272 g/mol. The van der Waals surface area contributed by atoms with E-state index >= 15 is 0 Å². The number of hydrogen-bond donors (Lipinski definition) is 0. The van der Waals surface area contributed by atoms with Crippen molar-refractivity contribution in [2.45, 2.75) is 30.9 Å². The summed E-state index contributed by atoms with van der Waals surface area (Å²) in [7, 11) is 0. The first-order valence-electron chi connectivity index (χ1n) is 6.01. The molecule has 0 aromatic heterocycles. The predicted octanol–water partition coefficient (Wildman–Crippen LogP) is 3.45. The molecule has 2 saturated heterocycles. The topological polar surface area (TPSA) is 12.5 Å². The van der Waals surface area contributed by atoms with E-state index < -0.39 is 0 Å². The van der Waals surface area contributed by atoms with Crippen molar-refractivity contribution in [2.24, 2.45) is 0 Å². The Hall–Kier alpha value is -0.440. The van der Waals surface area contributed by atoms with Gasteiger partial charge < -0.3 is 9.64 Å². The molecule has 0 N–H and O–H groups in total. The van der Waals surface area contributed by atoms with Crippen molar-refractivity contribution >= 4 is 28.9 Å². The van der Waals surface area contributed by atoms with Gasteiger partial charge in [-0.25, -0.2) is 0 Å². The van der Waals surface area contributed by atoms with Crippen LogP contribution in [0.2, 0.25) is 5.02 Å². The molecule has 2 aliphatic heterocycles. The molecule has 0 aliphatic carbocycles. The summed E-state index contributed by atoms with van der Waals surface area (Å²) < 4.78 is 5.84. The first-order chi connectivity index (χ1) is 8.28. The van der Waals surface area contributed by atoms with Gasteiger partial charge >= 0.3 is 0 Å². The molecule has 92 valence electrons. The smallest absolute Gasteiger partial charge is 0.0755 e. The van der Waals surface area contributed by atoms with Crippen molar-refractivity contribution in [3.05, 3.63) is 28.8 Å². The Morgan fingerprint density at radius 2 is 1.94 bits per heavy atom. The van der Waals surface area contributed by atoms with Gasteiger partial charge in [0.2, 0.25) is 0 Å². The SMILES string of the molecule is ClCc1cccc(Cl)c1N1CC2CCC(C1)O2. The zero-order chi connectivity index (χ0) is 11.8. The molecule has 2 aliphatic rings. The lowest BCUT2D eigenvalue weighted by molar-refractivity contribution is 0.0304. The molecule has 2 unspecified atom stereocenters. The van der Waals surface area contributed by atoms with E-state index in [-0.39, 0.29) is 0 Å². The highest BCUT2D eigenvalue weighted by molar-refractivity contribution is 6.33. The number of fused-ring (bicyclic) bond motifs is 2. The van der Waals surface area contributed by atoms with E-state index in [1.54, 1.807) is 0 Å². The number of hydrogen-bond acceptors (Lipinski definition) is 2. The van der Waals surface area contributed by atoms with Gasteiger partial charge in [0.05, 0.1) is 22.9 Å². The summed E-state index contributed by atoms with van der Waals surface area (Å²) in [6.45, 7) is 1.87. The highest BCUT2D eigenvalue weighted by Gasteiger charge is 2.34. The zero-order valence-corrected chi connectivity index (χ0v) is 11.0. The molecule has 1 aromatic rings. The van der Waals surface area contributed by atoms with Gasteiger partial charge in [0.1, 0.15) is 0 Å². The monoisotopic (exact) mass is 271 g/mol. The van der Waals surface area contributed by atoms with Crippen LogP contribution in [0.15, 0.2) is 18.2 Å². The Morgan fingerprint density at radius 3 is 2.59 bits per heavy atom. The van der Waals surface area contributed by atoms with E-state index in [1.807, 2.05) is 18.2 Å². The first kappa shape index (κ1) is 11.6. The third-order valence-electron chi connectivity index (χ3n) is 3.57. The molecule has 2 heterocycles. The number of halogens is 2. The molecule has 2 fully saturated rings. The lowest BCUT2D eigenvalue weighted by Gasteiger charge is -2.35. The summed E-state index contributed by atoms with van der Waals surface area (Å²) >= 11 is 12.3. The van der Waals surface area contributed by atoms with Gasteiger partial charge in [-0.1, -0.05) is 23.7 Å². The van der Waals surface area contributed by atoms with Crippen LogP contribution in [0.3, 0.4) is 0 Å². The minimum atomic E-state index is 0.369. The number of morpholine rings is 1. The third-order valence-corrected chi connectivity index (χ3v) is 4.17. The zero-order valence-electron chi connectivity index (χ0n) is 9.53. The molecule has 0 saturated carbocycles. The lowest BCUT2D eigenvalue weighted by atomic mass is 10.1. The maximum Gasteiger partial charge on any atom is 0.0755 e. The lowest BCUT2D eigenvalue weighted by Crippen LogP contribution is -2.43. The maximum atomic E-state index is 6.32. The fraction of sp³-hybridized carbons (Fsp3) is 0.538.